The monoisotopic (exact) mass is 243 g/mol. The maximum Gasteiger partial charge on any atom is 0.407 e. The summed E-state index contributed by atoms with van der Waals surface area (Å²) in [6.07, 6.45) is 2.65. The number of alkyl carbamates (subject to hydrolysis) is 1. The van der Waals surface area contributed by atoms with Gasteiger partial charge in [-0.25, -0.2) is 4.79 Å². The summed E-state index contributed by atoms with van der Waals surface area (Å²) in [5.74, 6) is -1.33. The summed E-state index contributed by atoms with van der Waals surface area (Å²) < 4.78 is 5.13. The number of carbonyl (C=O) groups excluding carboxylic acids is 1. The fourth-order valence-corrected chi connectivity index (χ4v) is 2.06. The van der Waals surface area contributed by atoms with Gasteiger partial charge in [0.15, 0.2) is 0 Å². The van der Waals surface area contributed by atoms with Crippen LogP contribution in [0.5, 0.6) is 0 Å². The highest BCUT2D eigenvalue weighted by atomic mass is 16.6. The van der Waals surface area contributed by atoms with Gasteiger partial charge in [0.05, 0.1) is 5.92 Å². The zero-order valence-electron chi connectivity index (χ0n) is 10.7. The van der Waals surface area contributed by atoms with Gasteiger partial charge in [0.25, 0.3) is 0 Å². The summed E-state index contributed by atoms with van der Waals surface area (Å²) in [7, 11) is 0. The molecule has 1 aliphatic rings. The molecule has 5 heteroatoms. The standard InChI is InChI=1S/C12H21NO4/c1-12(2,3)17-11(16)13-9-7-5-4-6-8(9)10(14)15/h8-9H,4-7H2,1-3H3,(H,13,16)(H,14,15)/t8-,9-/m0/s1. The van der Waals surface area contributed by atoms with E-state index in [9.17, 15) is 9.59 Å². The van der Waals surface area contributed by atoms with E-state index < -0.39 is 23.6 Å². The van der Waals surface area contributed by atoms with Crippen molar-refractivity contribution in [3.63, 3.8) is 0 Å². The molecule has 0 aliphatic heterocycles. The molecular formula is C12H21NO4. The van der Waals surface area contributed by atoms with Gasteiger partial charge in [-0.05, 0) is 33.6 Å². The first-order valence-corrected chi connectivity index (χ1v) is 6.02. The number of ether oxygens (including phenoxy) is 1. The van der Waals surface area contributed by atoms with Crippen LogP contribution in [0.25, 0.3) is 0 Å². The molecule has 0 heterocycles. The van der Waals surface area contributed by atoms with E-state index in [1.165, 1.54) is 0 Å². The lowest BCUT2D eigenvalue weighted by Crippen LogP contribution is -2.46. The number of carboxylic acids is 1. The van der Waals surface area contributed by atoms with E-state index in [4.69, 9.17) is 9.84 Å². The smallest absolute Gasteiger partial charge is 0.407 e. The predicted octanol–water partition coefficient (Wildman–Crippen LogP) is 2.15. The van der Waals surface area contributed by atoms with E-state index in [1.54, 1.807) is 20.8 Å². The lowest BCUT2D eigenvalue weighted by molar-refractivity contribution is -0.143. The van der Waals surface area contributed by atoms with E-state index in [2.05, 4.69) is 5.32 Å². The van der Waals surface area contributed by atoms with E-state index in [1.807, 2.05) is 0 Å². The number of nitrogens with one attached hydrogen (secondary N) is 1. The van der Waals surface area contributed by atoms with Crippen LogP contribution in [0.1, 0.15) is 46.5 Å². The second-order valence-corrected chi connectivity index (χ2v) is 5.48. The van der Waals surface area contributed by atoms with Crippen LogP contribution in [0, 0.1) is 5.92 Å². The second-order valence-electron chi connectivity index (χ2n) is 5.48. The SMILES string of the molecule is CC(C)(C)OC(=O)N[C@H]1CCCC[C@@H]1C(=O)O. The van der Waals surface area contributed by atoms with Crippen LogP contribution in [0.2, 0.25) is 0 Å². The van der Waals surface area contributed by atoms with Gasteiger partial charge >= 0.3 is 12.1 Å². The molecule has 0 radical (unpaired) electrons. The maximum absolute atomic E-state index is 11.6. The minimum atomic E-state index is -0.842. The van der Waals surface area contributed by atoms with Gasteiger partial charge in [0.2, 0.25) is 0 Å². The van der Waals surface area contributed by atoms with Crippen LogP contribution in [-0.4, -0.2) is 28.8 Å². The van der Waals surface area contributed by atoms with Gasteiger partial charge in [0, 0.05) is 6.04 Å². The largest absolute Gasteiger partial charge is 0.481 e. The number of hydrogen-bond donors (Lipinski definition) is 2. The van der Waals surface area contributed by atoms with Crippen molar-refractivity contribution in [2.24, 2.45) is 5.92 Å². The number of carbonyl (C=O) groups is 2. The predicted molar refractivity (Wildman–Crippen MR) is 62.8 cm³/mol. The molecular weight excluding hydrogens is 222 g/mol. The van der Waals surface area contributed by atoms with Crippen LogP contribution in [-0.2, 0) is 9.53 Å². The number of aliphatic carboxylic acids is 1. The molecule has 2 N–H and O–H groups in total. The number of rotatable bonds is 2. The minimum Gasteiger partial charge on any atom is -0.481 e. The molecule has 0 saturated heterocycles. The van der Waals surface area contributed by atoms with Gasteiger partial charge in [-0.3, -0.25) is 4.79 Å². The van der Waals surface area contributed by atoms with Gasteiger partial charge in [0.1, 0.15) is 5.60 Å². The Bertz CT molecular complexity index is 295. The summed E-state index contributed by atoms with van der Waals surface area (Å²) in [5.41, 5.74) is -0.558. The number of carboxylic acid groups (broad SMARTS) is 1. The van der Waals surface area contributed by atoms with E-state index >= 15 is 0 Å². The fourth-order valence-electron chi connectivity index (χ4n) is 2.06. The fraction of sp³-hybridized carbons (Fsp3) is 0.833. The topological polar surface area (TPSA) is 75.6 Å². The zero-order valence-corrected chi connectivity index (χ0v) is 10.7. The highest BCUT2D eigenvalue weighted by Crippen LogP contribution is 2.25. The Morgan fingerprint density at radius 3 is 2.35 bits per heavy atom. The van der Waals surface area contributed by atoms with Crippen molar-refractivity contribution < 1.29 is 19.4 Å². The molecule has 0 unspecified atom stereocenters. The van der Waals surface area contributed by atoms with E-state index in [-0.39, 0.29) is 6.04 Å². The zero-order chi connectivity index (χ0) is 13.1. The van der Waals surface area contributed by atoms with Crippen molar-refractivity contribution >= 4 is 12.1 Å². The van der Waals surface area contributed by atoms with Crippen molar-refractivity contribution in [3.05, 3.63) is 0 Å². The quantitative estimate of drug-likeness (QED) is 0.779. The molecule has 98 valence electrons. The van der Waals surface area contributed by atoms with Crippen molar-refractivity contribution in [2.75, 3.05) is 0 Å². The summed E-state index contributed by atoms with van der Waals surface area (Å²) >= 11 is 0. The maximum atomic E-state index is 11.6. The first-order chi connectivity index (χ1) is 7.79. The molecule has 1 saturated carbocycles. The Hall–Kier alpha value is -1.26. The average Bonchev–Trinajstić information content (AvgIpc) is 2.14. The number of hydrogen-bond acceptors (Lipinski definition) is 3. The summed E-state index contributed by atoms with van der Waals surface area (Å²) in [6.45, 7) is 5.34. The van der Waals surface area contributed by atoms with Crippen molar-refractivity contribution in [1.29, 1.82) is 0 Å². The highest BCUT2D eigenvalue weighted by Gasteiger charge is 2.32. The van der Waals surface area contributed by atoms with Gasteiger partial charge in [-0.15, -0.1) is 0 Å². The molecule has 1 fully saturated rings. The van der Waals surface area contributed by atoms with E-state index in [0.717, 1.165) is 12.8 Å². The van der Waals surface area contributed by atoms with Crippen LogP contribution in [0.3, 0.4) is 0 Å². The molecule has 17 heavy (non-hydrogen) atoms. The third kappa shape index (κ3) is 4.63. The third-order valence-corrected chi connectivity index (χ3v) is 2.79. The van der Waals surface area contributed by atoms with Crippen LogP contribution >= 0.6 is 0 Å². The van der Waals surface area contributed by atoms with Gasteiger partial charge in [-0.1, -0.05) is 12.8 Å². The Kier molecular flexibility index (Phi) is 4.37. The molecule has 1 aliphatic carbocycles. The van der Waals surface area contributed by atoms with Gasteiger partial charge in [-0.2, -0.15) is 0 Å². The molecule has 0 aromatic heterocycles. The molecule has 0 spiro atoms. The molecule has 0 aromatic carbocycles. The van der Waals surface area contributed by atoms with Crippen molar-refractivity contribution in [1.82, 2.24) is 5.32 Å². The summed E-state index contributed by atoms with van der Waals surface area (Å²) in [4.78, 5) is 22.6. The van der Waals surface area contributed by atoms with Crippen LogP contribution in [0.4, 0.5) is 4.79 Å². The molecule has 2 atom stereocenters. The Balaban J connectivity index is 2.53. The summed E-state index contributed by atoms with van der Waals surface area (Å²) in [5, 5.41) is 11.7. The van der Waals surface area contributed by atoms with Crippen LogP contribution < -0.4 is 5.32 Å². The van der Waals surface area contributed by atoms with Gasteiger partial charge < -0.3 is 15.2 Å². The number of amides is 1. The summed E-state index contributed by atoms with van der Waals surface area (Å²) in [6, 6.07) is -0.309. The molecule has 0 bridgehead atoms. The average molecular weight is 243 g/mol. The highest BCUT2D eigenvalue weighted by molar-refractivity contribution is 5.73. The van der Waals surface area contributed by atoms with Crippen molar-refractivity contribution in [2.45, 2.75) is 58.1 Å². The molecule has 0 aromatic rings. The van der Waals surface area contributed by atoms with E-state index in [0.29, 0.717) is 12.8 Å². The first-order valence-electron chi connectivity index (χ1n) is 6.02. The lowest BCUT2D eigenvalue weighted by Gasteiger charge is -2.30. The Labute approximate surface area is 102 Å². The second kappa shape index (κ2) is 5.38. The normalized spacial score (nSPS) is 25.1. The molecule has 1 amide bonds. The minimum absolute atomic E-state index is 0.309. The van der Waals surface area contributed by atoms with Crippen LogP contribution in [0.15, 0.2) is 0 Å². The van der Waals surface area contributed by atoms with Crippen molar-refractivity contribution in [3.8, 4) is 0 Å². The molecule has 1 rings (SSSR count). The third-order valence-electron chi connectivity index (χ3n) is 2.79. The molecule has 5 nitrogen and oxygen atoms in total. The first kappa shape index (κ1) is 13.8. The Morgan fingerprint density at radius 1 is 1.24 bits per heavy atom. The Morgan fingerprint density at radius 2 is 1.82 bits per heavy atom. The lowest BCUT2D eigenvalue weighted by atomic mass is 9.84.